The number of carbonyl (C=O) groups excluding carboxylic acids is 1. The van der Waals surface area contributed by atoms with Crippen molar-refractivity contribution in [3.05, 3.63) is 75.7 Å². The summed E-state index contributed by atoms with van der Waals surface area (Å²) in [5, 5.41) is 6.96. The van der Waals surface area contributed by atoms with Crippen LogP contribution in [-0.4, -0.2) is 15.7 Å². The van der Waals surface area contributed by atoms with Crippen molar-refractivity contribution in [3.63, 3.8) is 0 Å². The second-order valence-corrected chi connectivity index (χ2v) is 6.05. The fourth-order valence-corrected chi connectivity index (χ4v) is 2.49. The van der Waals surface area contributed by atoms with Gasteiger partial charge in [-0.2, -0.15) is 5.10 Å². The summed E-state index contributed by atoms with van der Waals surface area (Å²) in [7, 11) is 0. The Morgan fingerprint density at radius 2 is 1.96 bits per heavy atom. The summed E-state index contributed by atoms with van der Waals surface area (Å²) in [5.74, 6) is -0.783. The van der Waals surface area contributed by atoms with Crippen molar-refractivity contribution in [2.75, 3.05) is 5.32 Å². The number of nitrogens with zero attached hydrogens (tertiary/aromatic N) is 2. The molecule has 0 aliphatic carbocycles. The molecule has 0 spiro atoms. The minimum absolute atomic E-state index is 0.149. The molecule has 0 bridgehead atoms. The van der Waals surface area contributed by atoms with Crippen LogP contribution in [0.3, 0.4) is 0 Å². The average Bonchev–Trinajstić information content (AvgIpc) is 2.97. The van der Waals surface area contributed by atoms with Crippen LogP contribution in [0, 0.1) is 5.82 Å². The van der Waals surface area contributed by atoms with Crippen molar-refractivity contribution in [2.24, 2.45) is 0 Å². The Balaban J connectivity index is 1.77. The first kappa shape index (κ1) is 15.7. The van der Waals surface area contributed by atoms with Crippen LogP contribution < -0.4 is 5.32 Å². The second kappa shape index (κ2) is 6.52. The molecule has 0 saturated carbocycles. The molecule has 0 radical (unpaired) electrons. The highest BCUT2D eigenvalue weighted by Crippen LogP contribution is 2.23. The van der Waals surface area contributed by atoms with Crippen molar-refractivity contribution in [1.29, 1.82) is 0 Å². The van der Waals surface area contributed by atoms with Gasteiger partial charge in [0.2, 0.25) is 0 Å². The maximum Gasteiger partial charge on any atom is 0.255 e. The molecule has 116 valence electrons. The third-order valence-corrected chi connectivity index (χ3v) is 3.85. The number of carbonyl (C=O) groups is 1. The molecule has 0 aliphatic heterocycles. The first-order chi connectivity index (χ1) is 11.0. The highest BCUT2D eigenvalue weighted by atomic mass is 79.9. The van der Waals surface area contributed by atoms with Crippen LogP contribution in [0.5, 0.6) is 0 Å². The fraction of sp³-hybridized carbons (Fsp3) is 0. The van der Waals surface area contributed by atoms with Gasteiger partial charge in [0.05, 0.1) is 27.1 Å². The van der Waals surface area contributed by atoms with Gasteiger partial charge in [-0.05, 0) is 58.4 Å². The molecule has 7 heteroatoms. The molecule has 1 aromatic heterocycles. The maximum atomic E-state index is 13.0. The molecule has 3 rings (SSSR count). The van der Waals surface area contributed by atoms with E-state index in [1.54, 1.807) is 35.1 Å². The number of aromatic nitrogens is 2. The van der Waals surface area contributed by atoms with E-state index in [0.29, 0.717) is 11.3 Å². The third kappa shape index (κ3) is 3.60. The summed E-state index contributed by atoms with van der Waals surface area (Å²) in [6.45, 7) is 0. The second-order valence-electron chi connectivity index (χ2n) is 4.73. The molecule has 1 heterocycles. The van der Waals surface area contributed by atoms with Crippen molar-refractivity contribution in [3.8, 4) is 5.69 Å². The Kier molecular flexibility index (Phi) is 4.45. The molecule has 0 fully saturated rings. The van der Waals surface area contributed by atoms with Crippen LogP contribution in [0.15, 0.2) is 59.3 Å². The van der Waals surface area contributed by atoms with Gasteiger partial charge in [-0.1, -0.05) is 11.6 Å². The lowest BCUT2D eigenvalue weighted by Gasteiger charge is -2.08. The van der Waals surface area contributed by atoms with Gasteiger partial charge in [0.25, 0.3) is 5.91 Å². The van der Waals surface area contributed by atoms with Gasteiger partial charge >= 0.3 is 0 Å². The highest BCUT2D eigenvalue weighted by molar-refractivity contribution is 9.10. The van der Waals surface area contributed by atoms with E-state index in [4.69, 9.17) is 11.6 Å². The zero-order chi connectivity index (χ0) is 16.4. The Morgan fingerprint density at radius 3 is 2.57 bits per heavy atom. The Labute approximate surface area is 145 Å². The van der Waals surface area contributed by atoms with Gasteiger partial charge < -0.3 is 5.32 Å². The lowest BCUT2D eigenvalue weighted by atomic mass is 10.2. The van der Waals surface area contributed by atoms with Crippen molar-refractivity contribution in [1.82, 2.24) is 9.78 Å². The molecular formula is C16H10BrClFN3O. The number of halogens is 3. The number of rotatable bonds is 3. The standard InChI is InChI=1S/C16H10BrClFN3O/c17-11-8-20-22(9-11)13-4-1-10(2-5-13)16(23)21-15-6-3-12(19)7-14(15)18/h1-9H,(H,21,23). The zero-order valence-corrected chi connectivity index (χ0v) is 14.0. The summed E-state index contributed by atoms with van der Waals surface area (Å²) in [6, 6.07) is 10.7. The summed E-state index contributed by atoms with van der Waals surface area (Å²) in [6.07, 6.45) is 3.49. The molecule has 3 aromatic rings. The molecule has 0 unspecified atom stereocenters. The van der Waals surface area contributed by atoms with Gasteiger partial charge in [-0.15, -0.1) is 0 Å². The van der Waals surface area contributed by atoms with E-state index < -0.39 is 5.82 Å². The lowest BCUT2D eigenvalue weighted by molar-refractivity contribution is 0.102. The van der Waals surface area contributed by atoms with E-state index in [1.165, 1.54) is 12.1 Å². The van der Waals surface area contributed by atoms with Gasteiger partial charge in [0, 0.05) is 11.8 Å². The van der Waals surface area contributed by atoms with Crippen molar-refractivity contribution in [2.45, 2.75) is 0 Å². The van der Waals surface area contributed by atoms with Gasteiger partial charge in [-0.25, -0.2) is 9.07 Å². The topological polar surface area (TPSA) is 46.9 Å². The minimum atomic E-state index is -0.456. The van der Waals surface area contributed by atoms with E-state index in [-0.39, 0.29) is 10.9 Å². The summed E-state index contributed by atoms with van der Waals surface area (Å²) in [4.78, 5) is 12.2. The number of hydrogen-bond acceptors (Lipinski definition) is 2. The number of hydrogen-bond donors (Lipinski definition) is 1. The van der Waals surface area contributed by atoms with Crippen molar-refractivity contribution < 1.29 is 9.18 Å². The van der Waals surface area contributed by atoms with Crippen LogP contribution in [0.4, 0.5) is 10.1 Å². The Morgan fingerprint density at radius 1 is 1.22 bits per heavy atom. The van der Waals surface area contributed by atoms with Crippen LogP contribution in [-0.2, 0) is 0 Å². The normalized spacial score (nSPS) is 10.6. The molecule has 0 aliphatic rings. The predicted molar refractivity (Wildman–Crippen MR) is 90.6 cm³/mol. The number of anilines is 1. The number of benzene rings is 2. The Bertz CT molecular complexity index is 864. The number of nitrogens with one attached hydrogen (secondary N) is 1. The molecule has 23 heavy (non-hydrogen) atoms. The van der Waals surface area contributed by atoms with Crippen LogP contribution in [0.2, 0.25) is 5.02 Å². The predicted octanol–water partition coefficient (Wildman–Crippen LogP) is 4.68. The van der Waals surface area contributed by atoms with Gasteiger partial charge in [0.15, 0.2) is 0 Å². The van der Waals surface area contributed by atoms with Crippen LogP contribution in [0.1, 0.15) is 10.4 Å². The quantitative estimate of drug-likeness (QED) is 0.701. The smallest absolute Gasteiger partial charge is 0.255 e. The molecule has 1 amide bonds. The monoisotopic (exact) mass is 393 g/mol. The van der Waals surface area contributed by atoms with Crippen molar-refractivity contribution >= 4 is 39.1 Å². The molecule has 4 nitrogen and oxygen atoms in total. The lowest BCUT2D eigenvalue weighted by Crippen LogP contribution is -2.12. The molecule has 0 atom stereocenters. The van der Waals surface area contributed by atoms with Crippen LogP contribution >= 0.6 is 27.5 Å². The largest absolute Gasteiger partial charge is 0.321 e. The Hall–Kier alpha value is -2.18. The first-order valence-corrected chi connectivity index (χ1v) is 7.77. The average molecular weight is 395 g/mol. The molecule has 2 aromatic carbocycles. The van der Waals surface area contributed by atoms with E-state index in [2.05, 4.69) is 26.3 Å². The zero-order valence-electron chi connectivity index (χ0n) is 11.6. The summed E-state index contributed by atoms with van der Waals surface area (Å²) in [5.41, 5.74) is 1.64. The number of amides is 1. The summed E-state index contributed by atoms with van der Waals surface area (Å²) >= 11 is 9.23. The summed E-state index contributed by atoms with van der Waals surface area (Å²) < 4.78 is 15.6. The van der Waals surface area contributed by atoms with E-state index in [9.17, 15) is 9.18 Å². The molecule has 1 N–H and O–H groups in total. The molecule has 0 saturated heterocycles. The minimum Gasteiger partial charge on any atom is -0.321 e. The maximum absolute atomic E-state index is 13.0. The molecular weight excluding hydrogens is 385 g/mol. The first-order valence-electron chi connectivity index (χ1n) is 6.60. The fourth-order valence-electron chi connectivity index (χ4n) is 1.99. The van der Waals surface area contributed by atoms with E-state index in [1.807, 2.05) is 6.20 Å². The SMILES string of the molecule is O=C(Nc1ccc(F)cc1Cl)c1ccc(-n2cc(Br)cn2)cc1. The van der Waals surface area contributed by atoms with Gasteiger partial charge in [0.1, 0.15) is 5.82 Å². The van der Waals surface area contributed by atoms with Gasteiger partial charge in [-0.3, -0.25) is 4.79 Å². The highest BCUT2D eigenvalue weighted by Gasteiger charge is 2.09. The third-order valence-electron chi connectivity index (χ3n) is 3.12. The van der Waals surface area contributed by atoms with Crippen LogP contribution in [0.25, 0.3) is 5.69 Å². The van der Waals surface area contributed by atoms with E-state index in [0.717, 1.165) is 16.2 Å². The van der Waals surface area contributed by atoms with E-state index >= 15 is 0 Å².